The summed E-state index contributed by atoms with van der Waals surface area (Å²) >= 11 is 0.907. The van der Waals surface area contributed by atoms with E-state index in [4.69, 9.17) is 5.73 Å². The van der Waals surface area contributed by atoms with Gasteiger partial charge < -0.3 is 11.1 Å². The SMILES string of the molecule is NC(=O)c1nnsc1NC(=O)c1ccccc1. The first kappa shape index (κ1) is 11.2. The van der Waals surface area contributed by atoms with E-state index in [9.17, 15) is 9.59 Å². The molecular weight excluding hydrogens is 240 g/mol. The van der Waals surface area contributed by atoms with Crippen LogP contribution in [0.4, 0.5) is 5.00 Å². The zero-order chi connectivity index (χ0) is 12.3. The summed E-state index contributed by atoms with van der Waals surface area (Å²) in [5.41, 5.74) is 5.54. The predicted molar refractivity (Wildman–Crippen MR) is 62.8 cm³/mol. The maximum atomic E-state index is 11.8. The van der Waals surface area contributed by atoms with Crippen LogP contribution in [0.15, 0.2) is 30.3 Å². The van der Waals surface area contributed by atoms with Crippen molar-refractivity contribution in [3.63, 3.8) is 0 Å². The summed E-state index contributed by atoms with van der Waals surface area (Å²) in [5.74, 6) is -1.05. The lowest BCUT2D eigenvalue weighted by atomic mass is 10.2. The summed E-state index contributed by atoms with van der Waals surface area (Å²) in [5, 5.41) is 6.34. The Morgan fingerprint density at radius 2 is 1.94 bits per heavy atom. The van der Waals surface area contributed by atoms with E-state index in [-0.39, 0.29) is 16.6 Å². The second-order valence-electron chi connectivity index (χ2n) is 3.14. The van der Waals surface area contributed by atoms with Crippen molar-refractivity contribution in [1.29, 1.82) is 0 Å². The summed E-state index contributed by atoms with van der Waals surface area (Å²) in [6.45, 7) is 0. The fourth-order valence-electron chi connectivity index (χ4n) is 1.20. The van der Waals surface area contributed by atoms with Gasteiger partial charge >= 0.3 is 0 Å². The van der Waals surface area contributed by atoms with Crippen LogP contribution < -0.4 is 11.1 Å². The van der Waals surface area contributed by atoms with E-state index in [0.29, 0.717) is 5.56 Å². The molecule has 0 radical (unpaired) electrons. The monoisotopic (exact) mass is 248 g/mol. The van der Waals surface area contributed by atoms with Gasteiger partial charge in [0.2, 0.25) is 0 Å². The van der Waals surface area contributed by atoms with Gasteiger partial charge in [-0.1, -0.05) is 22.7 Å². The molecule has 0 spiro atoms. The molecule has 0 aliphatic heterocycles. The van der Waals surface area contributed by atoms with E-state index in [1.165, 1.54) is 0 Å². The van der Waals surface area contributed by atoms with Crippen LogP contribution in [-0.4, -0.2) is 21.4 Å². The average Bonchev–Trinajstić information content (AvgIpc) is 2.78. The topological polar surface area (TPSA) is 98.0 Å². The third-order valence-electron chi connectivity index (χ3n) is 1.98. The fourth-order valence-corrected chi connectivity index (χ4v) is 1.77. The number of rotatable bonds is 3. The number of amides is 2. The lowest BCUT2D eigenvalue weighted by Crippen LogP contribution is -2.17. The van der Waals surface area contributed by atoms with Gasteiger partial charge in [0.1, 0.15) is 5.00 Å². The van der Waals surface area contributed by atoms with Crippen molar-refractivity contribution in [3.8, 4) is 0 Å². The van der Waals surface area contributed by atoms with Crippen molar-refractivity contribution in [2.24, 2.45) is 5.73 Å². The Hall–Kier alpha value is -2.28. The molecule has 0 unspecified atom stereocenters. The molecule has 2 rings (SSSR count). The summed E-state index contributed by atoms with van der Waals surface area (Å²) in [7, 11) is 0. The lowest BCUT2D eigenvalue weighted by molar-refractivity contribution is 0.0996. The van der Waals surface area contributed by atoms with Gasteiger partial charge in [0.15, 0.2) is 5.69 Å². The van der Waals surface area contributed by atoms with Crippen LogP contribution in [0, 0.1) is 0 Å². The van der Waals surface area contributed by atoms with E-state index in [0.717, 1.165) is 11.5 Å². The number of anilines is 1. The van der Waals surface area contributed by atoms with E-state index in [1.807, 2.05) is 0 Å². The van der Waals surface area contributed by atoms with Crippen LogP contribution in [0.25, 0.3) is 0 Å². The Morgan fingerprint density at radius 3 is 2.59 bits per heavy atom. The first-order valence-corrected chi connectivity index (χ1v) is 5.44. The number of nitrogens with two attached hydrogens (primary N) is 1. The molecule has 2 amide bonds. The van der Waals surface area contributed by atoms with Gasteiger partial charge in [0.25, 0.3) is 11.8 Å². The first-order valence-electron chi connectivity index (χ1n) is 4.67. The van der Waals surface area contributed by atoms with Crippen molar-refractivity contribution < 1.29 is 9.59 Å². The number of aromatic nitrogens is 2. The van der Waals surface area contributed by atoms with E-state index in [1.54, 1.807) is 30.3 Å². The molecule has 17 heavy (non-hydrogen) atoms. The lowest BCUT2D eigenvalue weighted by Gasteiger charge is -2.02. The molecule has 1 heterocycles. The third kappa shape index (κ3) is 2.45. The zero-order valence-corrected chi connectivity index (χ0v) is 9.40. The smallest absolute Gasteiger partial charge is 0.272 e. The minimum Gasteiger partial charge on any atom is -0.364 e. The minimum absolute atomic E-state index is 0.0284. The molecule has 2 aromatic rings. The summed E-state index contributed by atoms with van der Waals surface area (Å²) < 4.78 is 3.57. The van der Waals surface area contributed by atoms with Crippen molar-refractivity contribution in [1.82, 2.24) is 9.59 Å². The van der Waals surface area contributed by atoms with Crippen LogP contribution >= 0.6 is 11.5 Å². The third-order valence-corrected chi connectivity index (χ3v) is 2.63. The molecule has 6 nitrogen and oxygen atoms in total. The number of carbonyl (C=O) groups is 2. The molecule has 7 heteroatoms. The first-order chi connectivity index (χ1) is 8.18. The van der Waals surface area contributed by atoms with Crippen LogP contribution in [-0.2, 0) is 0 Å². The number of nitrogens with zero attached hydrogens (tertiary/aromatic N) is 2. The summed E-state index contributed by atoms with van der Waals surface area (Å²) in [4.78, 5) is 22.8. The molecule has 0 saturated carbocycles. The molecule has 3 N–H and O–H groups in total. The van der Waals surface area contributed by atoms with E-state index in [2.05, 4.69) is 14.9 Å². The zero-order valence-electron chi connectivity index (χ0n) is 8.58. The Kier molecular flexibility index (Phi) is 3.10. The molecule has 0 bridgehead atoms. The quantitative estimate of drug-likeness (QED) is 0.842. The molecule has 86 valence electrons. The highest BCUT2D eigenvalue weighted by atomic mass is 32.1. The normalized spacial score (nSPS) is 9.88. The van der Waals surface area contributed by atoms with Crippen LogP contribution in [0.5, 0.6) is 0 Å². The maximum absolute atomic E-state index is 11.8. The number of hydrogen-bond donors (Lipinski definition) is 2. The Balaban J connectivity index is 2.19. The largest absolute Gasteiger partial charge is 0.364 e. The van der Waals surface area contributed by atoms with Crippen LogP contribution in [0.1, 0.15) is 20.8 Å². The van der Waals surface area contributed by atoms with Gasteiger partial charge in [-0.3, -0.25) is 9.59 Å². The number of hydrogen-bond acceptors (Lipinski definition) is 5. The molecule has 0 aliphatic carbocycles. The highest BCUT2D eigenvalue weighted by Gasteiger charge is 2.16. The molecule has 1 aromatic carbocycles. The molecule has 1 aromatic heterocycles. The Bertz CT molecular complexity index is 552. The number of benzene rings is 1. The van der Waals surface area contributed by atoms with Crippen molar-refractivity contribution in [3.05, 3.63) is 41.6 Å². The molecule has 0 aliphatic rings. The predicted octanol–water partition coefficient (Wildman–Crippen LogP) is 0.889. The molecule has 0 fully saturated rings. The second kappa shape index (κ2) is 4.71. The Labute approximate surface area is 101 Å². The minimum atomic E-state index is -0.720. The average molecular weight is 248 g/mol. The van der Waals surface area contributed by atoms with E-state index >= 15 is 0 Å². The molecule has 0 saturated heterocycles. The van der Waals surface area contributed by atoms with Crippen molar-refractivity contribution in [2.45, 2.75) is 0 Å². The highest BCUT2D eigenvalue weighted by molar-refractivity contribution is 7.10. The van der Waals surface area contributed by atoms with Crippen molar-refractivity contribution >= 4 is 28.3 Å². The highest BCUT2D eigenvalue weighted by Crippen LogP contribution is 2.17. The number of carbonyl (C=O) groups excluding carboxylic acids is 2. The van der Waals surface area contributed by atoms with Gasteiger partial charge in [0, 0.05) is 17.1 Å². The summed E-state index contributed by atoms with van der Waals surface area (Å²) in [6.07, 6.45) is 0. The molecule has 0 atom stereocenters. The van der Waals surface area contributed by atoms with E-state index < -0.39 is 5.91 Å². The van der Waals surface area contributed by atoms with Gasteiger partial charge in [0.05, 0.1) is 0 Å². The maximum Gasteiger partial charge on any atom is 0.272 e. The van der Waals surface area contributed by atoms with Gasteiger partial charge in [-0.2, -0.15) is 0 Å². The Morgan fingerprint density at radius 1 is 1.24 bits per heavy atom. The fraction of sp³-hybridized carbons (Fsp3) is 0. The van der Waals surface area contributed by atoms with Crippen LogP contribution in [0.3, 0.4) is 0 Å². The second-order valence-corrected chi connectivity index (χ2v) is 3.89. The number of nitrogens with one attached hydrogen (secondary N) is 1. The van der Waals surface area contributed by atoms with Crippen LogP contribution in [0.2, 0.25) is 0 Å². The van der Waals surface area contributed by atoms with Gasteiger partial charge in [-0.05, 0) is 12.1 Å². The van der Waals surface area contributed by atoms with Crippen molar-refractivity contribution in [2.75, 3.05) is 5.32 Å². The standard InChI is InChI=1S/C10H8N4O2S/c11-8(15)7-10(17-14-13-7)12-9(16)6-4-2-1-3-5-6/h1-5H,(H2,11,15)(H,12,16). The molecular formula is C10H8N4O2S. The van der Waals surface area contributed by atoms with Gasteiger partial charge in [-0.25, -0.2) is 0 Å². The summed E-state index contributed by atoms with van der Waals surface area (Å²) in [6, 6.07) is 8.62. The number of primary amides is 1. The van der Waals surface area contributed by atoms with Gasteiger partial charge in [-0.15, -0.1) is 5.10 Å².